The highest BCUT2D eigenvalue weighted by atomic mass is 32.1. The minimum Gasteiger partial charge on any atom is -0.495 e. The maximum atomic E-state index is 5.32. The SMILES string of the molecule is COc1cnc2c(c1)CCN([C@H](C)c1ccc3scnc3c1)CC2. The molecule has 4 rings (SSSR count). The second-order valence-electron chi connectivity index (χ2n) is 6.27. The van der Waals surface area contributed by atoms with Gasteiger partial charge in [-0.15, -0.1) is 11.3 Å². The summed E-state index contributed by atoms with van der Waals surface area (Å²) in [6, 6.07) is 9.18. The number of rotatable bonds is 3. The molecule has 0 aliphatic carbocycles. The van der Waals surface area contributed by atoms with Gasteiger partial charge < -0.3 is 4.74 Å². The zero-order valence-corrected chi connectivity index (χ0v) is 14.8. The van der Waals surface area contributed by atoms with Crippen LogP contribution in [0.3, 0.4) is 0 Å². The minimum absolute atomic E-state index is 0.382. The summed E-state index contributed by atoms with van der Waals surface area (Å²) in [6.07, 6.45) is 3.83. The molecule has 0 N–H and O–H groups in total. The zero-order chi connectivity index (χ0) is 16.5. The summed E-state index contributed by atoms with van der Waals surface area (Å²) in [7, 11) is 1.70. The molecule has 0 spiro atoms. The van der Waals surface area contributed by atoms with Crippen LogP contribution in [0.25, 0.3) is 10.2 Å². The fraction of sp³-hybridized carbons (Fsp3) is 0.368. The van der Waals surface area contributed by atoms with Crippen LogP contribution in [0.15, 0.2) is 36.0 Å². The van der Waals surface area contributed by atoms with Crippen LogP contribution in [0.5, 0.6) is 5.75 Å². The van der Waals surface area contributed by atoms with E-state index in [1.807, 2.05) is 11.7 Å². The van der Waals surface area contributed by atoms with E-state index in [1.54, 1.807) is 18.4 Å². The van der Waals surface area contributed by atoms with Crippen molar-refractivity contribution in [3.8, 4) is 5.75 Å². The summed E-state index contributed by atoms with van der Waals surface area (Å²) in [5.74, 6) is 0.851. The lowest BCUT2D eigenvalue weighted by Gasteiger charge is -2.27. The van der Waals surface area contributed by atoms with Crippen LogP contribution in [-0.2, 0) is 12.8 Å². The molecule has 0 saturated heterocycles. The number of hydrogen-bond donors (Lipinski definition) is 0. The van der Waals surface area contributed by atoms with Gasteiger partial charge in [-0.1, -0.05) is 6.07 Å². The lowest BCUT2D eigenvalue weighted by atomic mass is 10.1. The van der Waals surface area contributed by atoms with E-state index in [0.717, 1.165) is 37.2 Å². The standard InChI is InChI=1S/C19H21N3OS/c1-13(14-3-4-19-18(10-14)21-12-24-19)22-7-5-15-9-16(23-2)11-20-17(15)6-8-22/h3-4,9-13H,5-8H2,1-2H3/t13-/m1/s1. The fourth-order valence-electron chi connectivity index (χ4n) is 3.43. The fourth-order valence-corrected chi connectivity index (χ4v) is 4.09. The number of ether oxygens (including phenoxy) is 1. The molecule has 0 bridgehead atoms. The third kappa shape index (κ3) is 2.89. The molecule has 1 aliphatic rings. The Morgan fingerprint density at radius 1 is 1.17 bits per heavy atom. The molecule has 0 fully saturated rings. The van der Waals surface area contributed by atoms with Crippen molar-refractivity contribution in [2.24, 2.45) is 0 Å². The number of thiazole rings is 1. The molecular weight excluding hydrogens is 318 g/mol. The maximum absolute atomic E-state index is 5.32. The number of methoxy groups -OCH3 is 1. The Morgan fingerprint density at radius 3 is 2.92 bits per heavy atom. The van der Waals surface area contributed by atoms with E-state index in [-0.39, 0.29) is 0 Å². The predicted octanol–water partition coefficient (Wildman–Crippen LogP) is 3.86. The largest absolute Gasteiger partial charge is 0.495 e. The van der Waals surface area contributed by atoms with Crippen molar-refractivity contribution in [2.75, 3.05) is 20.2 Å². The van der Waals surface area contributed by atoms with Gasteiger partial charge in [0.1, 0.15) is 5.75 Å². The Labute approximate surface area is 146 Å². The molecule has 4 nitrogen and oxygen atoms in total. The highest BCUT2D eigenvalue weighted by Gasteiger charge is 2.21. The van der Waals surface area contributed by atoms with Gasteiger partial charge >= 0.3 is 0 Å². The number of aromatic nitrogens is 2. The highest BCUT2D eigenvalue weighted by Crippen LogP contribution is 2.28. The van der Waals surface area contributed by atoms with E-state index in [9.17, 15) is 0 Å². The van der Waals surface area contributed by atoms with Crippen molar-refractivity contribution in [1.29, 1.82) is 0 Å². The number of fused-ring (bicyclic) bond motifs is 2. The second-order valence-corrected chi connectivity index (χ2v) is 7.16. The van der Waals surface area contributed by atoms with Crippen LogP contribution in [0.1, 0.15) is 29.8 Å². The molecule has 2 aromatic heterocycles. The quantitative estimate of drug-likeness (QED) is 0.726. The van der Waals surface area contributed by atoms with Crippen molar-refractivity contribution in [3.05, 3.63) is 52.8 Å². The first-order chi connectivity index (χ1) is 11.7. The monoisotopic (exact) mass is 339 g/mol. The summed E-state index contributed by atoms with van der Waals surface area (Å²) < 4.78 is 6.57. The molecule has 3 heterocycles. The van der Waals surface area contributed by atoms with Gasteiger partial charge in [-0.2, -0.15) is 0 Å². The molecule has 0 radical (unpaired) electrons. The molecule has 1 aliphatic heterocycles. The molecule has 5 heteroatoms. The van der Waals surface area contributed by atoms with Gasteiger partial charge in [-0.25, -0.2) is 4.98 Å². The Bertz CT molecular complexity index is 861. The number of benzene rings is 1. The average molecular weight is 339 g/mol. The lowest BCUT2D eigenvalue weighted by Crippen LogP contribution is -2.29. The van der Waals surface area contributed by atoms with Crippen LogP contribution in [0.4, 0.5) is 0 Å². The van der Waals surface area contributed by atoms with Gasteiger partial charge in [0.05, 0.1) is 29.0 Å². The molecular formula is C19H21N3OS. The summed E-state index contributed by atoms with van der Waals surface area (Å²) in [5, 5.41) is 0. The zero-order valence-electron chi connectivity index (χ0n) is 14.0. The van der Waals surface area contributed by atoms with Gasteiger partial charge in [0.2, 0.25) is 0 Å². The topological polar surface area (TPSA) is 38.2 Å². The second kappa shape index (κ2) is 6.49. The Morgan fingerprint density at radius 2 is 2.04 bits per heavy atom. The van der Waals surface area contributed by atoms with Crippen LogP contribution in [0, 0.1) is 0 Å². The maximum Gasteiger partial charge on any atom is 0.137 e. The highest BCUT2D eigenvalue weighted by molar-refractivity contribution is 7.16. The van der Waals surface area contributed by atoms with Crippen LogP contribution in [-0.4, -0.2) is 35.1 Å². The Hall–Kier alpha value is -1.98. The van der Waals surface area contributed by atoms with Gasteiger partial charge in [0.15, 0.2) is 0 Å². The van der Waals surface area contributed by atoms with Gasteiger partial charge in [0.25, 0.3) is 0 Å². The van der Waals surface area contributed by atoms with Crippen molar-refractivity contribution in [1.82, 2.24) is 14.9 Å². The van der Waals surface area contributed by atoms with Gasteiger partial charge in [0, 0.05) is 31.2 Å². The molecule has 0 saturated carbocycles. The van der Waals surface area contributed by atoms with E-state index >= 15 is 0 Å². The van der Waals surface area contributed by atoms with E-state index in [2.05, 4.69) is 46.1 Å². The first-order valence-corrected chi connectivity index (χ1v) is 9.21. The molecule has 124 valence electrons. The number of hydrogen-bond acceptors (Lipinski definition) is 5. The van der Waals surface area contributed by atoms with Crippen molar-refractivity contribution >= 4 is 21.6 Å². The van der Waals surface area contributed by atoms with E-state index < -0.39 is 0 Å². The Kier molecular flexibility index (Phi) is 4.21. The van der Waals surface area contributed by atoms with E-state index in [1.165, 1.54) is 21.5 Å². The molecule has 24 heavy (non-hydrogen) atoms. The third-order valence-electron chi connectivity index (χ3n) is 4.96. The Balaban J connectivity index is 1.54. The molecule has 1 aromatic carbocycles. The predicted molar refractivity (Wildman–Crippen MR) is 97.8 cm³/mol. The molecule has 0 unspecified atom stereocenters. The molecule has 3 aromatic rings. The van der Waals surface area contributed by atoms with E-state index in [4.69, 9.17) is 4.74 Å². The number of pyridine rings is 1. The normalized spacial score (nSPS) is 16.6. The van der Waals surface area contributed by atoms with Crippen LogP contribution in [0.2, 0.25) is 0 Å². The molecule has 1 atom stereocenters. The van der Waals surface area contributed by atoms with Crippen LogP contribution >= 0.6 is 11.3 Å². The first kappa shape index (κ1) is 15.5. The third-order valence-corrected chi connectivity index (χ3v) is 5.77. The summed E-state index contributed by atoms with van der Waals surface area (Å²) in [6.45, 7) is 4.36. The average Bonchev–Trinajstić information content (AvgIpc) is 2.99. The lowest BCUT2D eigenvalue weighted by molar-refractivity contribution is 0.221. The smallest absolute Gasteiger partial charge is 0.137 e. The molecule has 0 amide bonds. The van der Waals surface area contributed by atoms with Crippen molar-refractivity contribution in [2.45, 2.75) is 25.8 Å². The van der Waals surface area contributed by atoms with Crippen LogP contribution < -0.4 is 4.74 Å². The summed E-state index contributed by atoms with van der Waals surface area (Å²) in [5.41, 5.74) is 6.89. The van der Waals surface area contributed by atoms with Crippen molar-refractivity contribution < 1.29 is 4.74 Å². The number of nitrogens with zero attached hydrogens (tertiary/aromatic N) is 3. The summed E-state index contributed by atoms with van der Waals surface area (Å²) in [4.78, 5) is 11.6. The van der Waals surface area contributed by atoms with Gasteiger partial charge in [-0.3, -0.25) is 9.88 Å². The minimum atomic E-state index is 0.382. The van der Waals surface area contributed by atoms with Gasteiger partial charge in [-0.05, 0) is 42.7 Å². The van der Waals surface area contributed by atoms with Crippen molar-refractivity contribution in [3.63, 3.8) is 0 Å². The van der Waals surface area contributed by atoms with E-state index in [0.29, 0.717) is 6.04 Å². The summed E-state index contributed by atoms with van der Waals surface area (Å²) >= 11 is 1.70. The first-order valence-electron chi connectivity index (χ1n) is 8.33.